The number of hydrogen-bond acceptors (Lipinski definition) is 6. The highest BCUT2D eigenvalue weighted by atomic mass is 32.2. The van der Waals surface area contributed by atoms with Crippen molar-refractivity contribution in [3.63, 3.8) is 0 Å². The second-order valence-corrected chi connectivity index (χ2v) is 7.36. The number of nitrogens with two attached hydrogens (primary N) is 1. The molecule has 0 aliphatic carbocycles. The lowest BCUT2D eigenvalue weighted by molar-refractivity contribution is -0.137. The summed E-state index contributed by atoms with van der Waals surface area (Å²) < 4.78 is 79.5. The highest BCUT2D eigenvalue weighted by Gasteiger charge is 2.36. The third-order valence-electron chi connectivity index (χ3n) is 3.77. The molecule has 1 aromatic heterocycles. The first kappa shape index (κ1) is 22.5. The zero-order chi connectivity index (χ0) is 22.3. The third-order valence-corrected chi connectivity index (χ3v) is 4.61. The number of rotatable bonds is 4. The lowest BCUT2D eigenvalue weighted by Gasteiger charge is -2.26. The Balaban J connectivity index is 2.89. The number of nitrogens with zero attached hydrogens (tertiary/aromatic N) is 5. The number of thioether (sulfide) groups is 1. The number of halogens is 6. The van der Waals surface area contributed by atoms with Crippen molar-refractivity contribution in [3.8, 4) is 11.8 Å². The monoisotopic (exact) mass is 438 g/mol. The zero-order valence-electron chi connectivity index (χ0n) is 15.6. The molecule has 0 saturated carbocycles. The first-order valence-electron chi connectivity index (χ1n) is 7.82. The average molecular weight is 438 g/mol. The fraction of sp³-hybridized carbons (Fsp3) is 0.375. The molecule has 0 unspecified atom stereocenters. The quantitative estimate of drug-likeness (QED) is 0.573. The van der Waals surface area contributed by atoms with E-state index >= 15 is 0 Å². The van der Waals surface area contributed by atoms with Crippen molar-refractivity contribution in [3.05, 3.63) is 23.4 Å². The Morgan fingerprint density at radius 2 is 1.52 bits per heavy atom. The smallest absolute Gasteiger partial charge is 0.383 e. The van der Waals surface area contributed by atoms with Crippen LogP contribution < -0.4 is 15.5 Å². The molecule has 0 bridgehead atoms. The van der Waals surface area contributed by atoms with Gasteiger partial charge in [-0.3, -0.25) is 0 Å². The molecular weight excluding hydrogens is 422 g/mol. The van der Waals surface area contributed by atoms with E-state index in [1.165, 1.54) is 38.0 Å². The predicted octanol–water partition coefficient (Wildman–Crippen LogP) is 4.09. The largest absolute Gasteiger partial charge is 0.446 e. The molecule has 2 aromatic rings. The first-order valence-corrected chi connectivity index (χ1v) is 8.63. The van der Waals surface area contributed by atoms with Gasteiger partial charge < -0.3 is 15.5 Å². The van der Waals surface area contributed by atoms with Gasteiger partial charge in [0.05, 0.1) is 21.8 Å². The summed E-state index contributed by atoms with van der Waals surface area (Å²) in [6, 6.07) is 3.22. The summed E-state index contributed by atoms with van der Waals surface area (Å²) in [4.78, 5) is 2.08. The summed E-state index contributed by atoms with van der Waals surface area (Å²) in [5, 5.41) is 13.0. The fourth-order valence-electron chi connectivity index (χ4n) is 2.54. The van der Waals surface area contributed by atoms with E-state index in [2.05, 4.69) is 5.10 Å². The summed E-state index contributed by atoms with van der Waals surface area (Å²) >= 11 is -0.608. The van der Waals surface area contributed by atoms with E-state index in [9.17, 15) is 31.6 Å². The van der Waals surface area contributed by atoms with Crippen LogP contribution in [0.1, 0.15) is 11.3 Å². The molecular formula is C16H16F6N6S. The fourth-order valence-corrected chi connectivity index (χ4v) is 3.15. The Morgan fingerprint density at radius 1 is 1.03 bits per heavy atom. The van der Waals surface area contributed by atoms with Crippen LogP contribution in [0.2, 0.25) is 0 Å². The van der Waals surface area contributed by atoms with Gasteiger partial charge in [0, 0.05) is 28.2 Å². The standard InChI is InChI=1S/C16H16F6N6S/c1-26(2)10-5-8(15(17,18)19)6-11(27(3)4)12(10)28-14(24)13(9(7-23)25-28)29-16(20,21)22/h5-6H,24H2,1-4H3. The van der Waals surface area contributed by atoms with Crippen LogP contribution in [-0.2, 0) is 6.18 Å². The van der Waals surface area contributed by atoms with Gasteiger partial charge >= 0.3 is 11.7 Å². The van der Waals surface area contributed by atoms with E-state index in [1.807, 2.05) is 0 Å². The molecule has 0 aliphatic rings. The van der Waals surface area contributed by atoms with Crippen molar-refractivity contribution in [1.82, 2.24) is 9.78 Å². The molecule has 0 saturated heterocycles. The van der Waals surface area contributed by atoms with Crippen molar-refractivity contribution in [1.29, 1.82) is 5.26 Å². The van der Waals surface area contributed by atoms with Crippen molar-refractivity contribution >= 4 is 29.0 Å². The highest BCUT2D eigenvalue weighted by Crippen LogP contribution is 2.45. The van der Waals surface area contributed by atoms with Crippen LogP contribution in [-0.4, -0.2) is 43.5 Å². The molecule has 1 aromatic carbocycles. The summed E-state index contributed by atoms with van der Waals surface area (Å²) in [5.41, 5.74) is -0.401. The Labute approximate surface area is 166 Å². The van der Waals surface area contributed by atoms with Gasteiger partial charge in [0.1, 0.15) is 17.6 Å². The number of hydrogen-bond donors (Lipinski definition) is 1. The molecule has 1 heterocycles. The van der Waals surface area contributed by atoms with Crippen LogP contribution in [0.15, 0.2) is 17.0 Å². The molecule has 2 N–H and O–H groups in total. The predicted molar refractivity (Wildman–Crippen MR) is 98.3 cm³/mol. The van der Waals surface area contributed by atoms with E-state index in [4.69, 9.17) is 5.73 Å². The van der Waals surface area contributed by atoms with Gasteiger partial charge in [0.25, 0.3) is 0 Å². The number of nitrogen functional groups attached to an aromatic ring is 1. The Hall–Kier alpha value is -2.75. The molecule has 2 rings (SSSR count). The SMILES string of the molecule is CN(C)c1cc(C(F)(F)F)cc(N(C)C)c1-n1nc(C#N)c(SC(F)(F)F)c1N. The average Bonchev–Trinajstić information content (AvgIpc) is 2.87. The Morgan fingerprint density at radius 3 is 1.86 bits per heavy atom. The maximum absolute atomic E-state index is 13.3. The number of anilines is 3. The number of alkyl halides is 6. The van der Waals surface area contributed by atoms with Gasteiger partial charge in [-0.25, -0.2) is 4.68 Å². The lowest BCUT2D eigenvalue weighted by atomic mass is 10.1. The highest BCUT2D eigenvalue weighted by molar-refractivity contribution is 8.00. The topological polar surface area (TPSA) is 74.1 Å². The Bertz CT molecular complexity index is 926. The maximum atomic E-state index is 13.3. The van der Waals surface area contributed by atoms with Crippen molar-refractivity contribution in [2.45, 2.75) is 16.6 Å². The van der Waals surface area contributed by atoms with Crippen LogP contribution in [0, 0.1) is 11.3 Å². The lowest BCUT2D eigenvalue weighted by Crippen LogP contribution is -2.21. The van der Waals surface area contributed by atoms with Gasteiger partial charge in [-0.05, 0) is 23.9 Å². The molecule has 158 valence electrons. The van der Waals surface area contributed by atoms with E-state index in [1.54, 1.807) is 6.07 Å². The van der Waals surface area contributed by atoms with Gasteiger partial charge in [-0.15, -0.1) is 0 Å². The molecule has 0 spiro atoms. The third kappa shape index (κ3) is 4.64. The van der Waals surface area contributed by atoms with Crippen LogP contribution in [0.5, 0.6) is 0 Å². The molecule has 6 nitrogen and oxygen atoms in total. The molecule has 29 heavy (non-hydrogen) atoms. The summed E-state index contributed by atoms with van der Waals surface area (Å²) in [7, 11) is 5.87. The second-order valence-electron chi connectivity index (χ2n) is 6.28. The molecule has 13 heteroatoms. The van der Waals surface area contributed by atoms with Gasteiger partial charge in [0.15, 0.2) is 5.69 Å². The zero-order valence-corrected chi connectivity index (χ0v) is 16.5. The maximum Gasteiger partial charge on any atom is 0.446 e. The van der Waals surface area contributed by atoms with Gasteiger partial charge in [-0.2, -0.15) is 36.7 Å². The van der Waals surface area contributed by atoms with Crippen LogP contribution in [0.25, 0.3) is 5.69 Å². The minimum atomic E-state index is -4.73. The van der Waals surface area contributed by atoms with Crippen molar-refractivity contribution in [2.75, 3.05) is 43.7 Å². The van der Waals surface area contributed by atoms with Gasteiger partial charge in [-0.1, -0.05) is 0 Å². The van der Waals surface area contributed by atoms with E-state index in [0.29, 0.717) is 0 Å². The van der Waals surface area contributed by atoms with Crippen LogP contribution in [0.3, 0.4) is 0 Å². The molecule has 0 aliphatic heterocycles. The number of benzene rings is 1. The normalized spacial score (nSPS) is 12.0. The Kier molecular flexibility index (Phi) is 5.89. The molecule has 0 amide bonds. The van der Waals surface area contributed by atoms with Gasteiger partial charge in [0.2, 0.25) is 0 Å². The molecule has 0 radical (unpaired) electrons. The summed E-state index contributed by atoms with van der Waals surface area (Å²) in [6.07, 6.45) is -4.65. The summed E-state index contributed by atoms with van der Waals surface area (Å²) in [5.74, 6) is -0.505. The minimum Gasteiger partial charge on any atom is -0.383 e. The van der Waals surface area contributed by atoms with E-state index in [0.717, 1.165) is 16.8 Å². The molecule has 0 fully saturated rings. The molecule has 0 atom stereocenters. The van der Waals surface area contributed by atoms with E-state index in [-0.39, 0.29) is 17.1 Å². The summed E-state index contributed by atoms with van der Waals surface area (Å²) in [6.45, 7) is 0. The van der Waals surface area contributed by atoms with Crippen LogP contribution >= 0.6 is 11.8 Å². The first-order chi connectivity index (χ1) is 13.2. The van der Waals surface area contributed by atoms with Crippen molar-refractivity contribution < 1.29 is 26.3 Å². The number of nitriles is 1. The number of aromatic nitrogens is 2. The van der Waals surface area contributed by atoms with E-state index < -0.39 is 45.4 Å². The van der Waals surface area contributed by atoms with Crippen molar-refractivity contribution in [2.24, 2.45) is 0 Å². The second kappa shape index (κ2) is 7.58. The van der Waals surface area contributed by atoms with Crippen LogP contribution in [0.4, 0.5) is 43.5 Å². The minimum absolute atomic E-state index is 0.00535.